The zero-order valence-corrected chi connectivity index (χ0v) is 11.9. The molecule has 8 nitrogen and oxygen atoms in total. The molecule has 0 saturated carbocycles. The van der Waals surface area contributed by atoms with E-state index in [4.69, 9.17) is 11.0 Å². The molecule has 2 aromatic rings. The van der Waals surface area contributed by atoms with E-state index in [1.54, 1.807) is 0 Å². The van der Waals surface area contributed by atoms with Crippen molar-refractivity contribution in [1.82, 2.24) is 0 Å². The molecule has 0 aliphatic heterocycles. The van der Waals surface area contributed by atoms with Crippen LogP contribution in [-0.4, -0.2) is 13.3 Å². The van der Waals surface area contributed by atoms with Crippen molar-refractivity contribution in [3.8, 4) is 6.07 Å². The first-order chi connectivity index (χ1) is 10.3. The number of benzene rings is 2. The van der Waals surface area contributed by atoms with E-state index in [1.807, 2.05) is 6.07 Å². The molecule has 0 saturated heterocycles. The highest BCUT2D eigenvalue weighted by atomic mass is 32.2. The molecule has 0 atom stereocenters. The second-order valence-corrected chi connectivity index (χ2v) is 5.89. The Morgan fingerprint density at radius 3 is 2.50 bits per heavy atom. The van der Waals surface area contributed by atoms with Gasteiger partial charge in [-0.15, -0.1) is 0 Å². The van der Waals surface area contributed by atoms with Gasteiger partial charge in [-0.2, -0.15) is 5.26 Å². The van der Waals surface area contributed by atoms with Gasteiger partial charge in [-0.05, 0) is 24.3 Å². The third-order valence-electron chi connectivity index (χ3n) is 2.78. The summed E-state index contributed by atoms with van der Waals surface area (Å²) in [5.74, 6) is 0. The van der Waals surface area contributed by atoms with Crippen molar-refractivity contribution in [2.24, 2.45) is 0 Å². The molecule has 0 aliphatic carbocycles. The van der Waals surface area contributed by atoms with E-state index in [2.05, 4.69) is 4.72 Å². The lowest BCUT2D eigenvalue weighted by Crippen LogP contribution is -2.15. The normalized spacial score (nSPS) is 10.7. The minimum Gasteiger partial charge on any atom is -0.397 e. The quantitative estimate of drug-likeness (QED) is 0.501. The summed E-state index contributed by atoms with van der Waals surface area (Å²) in [4.78, 5) is 9.67. The highest BCUT2D eigenvalue weighted by Gasteiger charge is 2.25. The molecule has 2 rings (SSSR count). The van der Waals surface area contributed by atoms with Crippen molar-refractivity contribution >= 4 is 27.1 Å². The Bertz CT molecular complexity index is 887. The van der Waals surface area contributed by atoms with Crippen molar-refractivity contribution in [2.75, 3.05) is 10.5 Å². The van der Waals surface area contributed by atoms with Crippen LogP contribution in [0.2, 0.25) is 0 Å². The molecule has 0 radical (unpaired) electrons. The lowest BCUT2D eigenvalue weighted by atomic mass is 10.2. The standard InChI is InChI=1S/C13H10N4O4S/c14-8-9-5-6-11(10(15)7-9)16-22(20,21)13-4-2-1-3-12(13)17(18)19/h1-7,16H,15H2. The molecule has 2 aromatic carbocycles. The van der Waals surface area contributed by atoms with Crippen molar-refractivity contribution in [1.29, 1.82) is 5.26 Å². The van der Waals surface area contributed by atoms with E-state index < -0.39 is 25.5 Å². The first-order valence-electron chi connectivity index (χ1n) is 5.91. The number of nitro groups is 1. The Hall–Kier alpha value is -3.12. The van der Waals surface area contributed by atoms with Crippen LogP contribution in [0, 0.1) is 21.4 Å². The molecule has 22 heavy (non-hydrogen) atoms. The molecule has 0 heterocycles. The smallest absolute Gasteiger partial charge is 0.289 e. The Balaban J connectivity index is 2.45. The molecule has 0 unspecified atom stereocenters. The van der Waals surface area contributed by atoms with E-state index in [9.17, 15) is 18.5 Å². The van der Waals surface area contributed by atoms with Gasteiger partial charge < -0.3 is 5.73 Å². The lowest BCUT2D eigenvalue weighted by Gasteiger charge is -2.10. The summed E-state index contributed by atoms with van der Waals surface area (Å²) in [6.07, 6.45) is 0. The Kier molecular flexibility index (Phi) is 3.96. The fourth-order valence-corrected chi connectivity index (χ4v) is 3.02. The minimum atomic E-state index is -4.19. The highest BCUT2D eigenvalue weighted by Crippen LogP contribution is 2.27. The largest absolute Gasteiger partial charge is 0.397 e. The Morgan fingerprint density at radius 1 is 1.23 bits per heavy atom. The molecule has 0 aromatic heterocycles. The van der Waals surface area contributed by atoms with Crippen LogP contribution in [0.25, 0.3) is 0 Å². The maximum absolute atomic E-state index is 12.3. The number of para-hydroxylation sites is 1. The summed E-state index contributed by atoms with van der Waals surface area (Å²) in [6.45, 7) is 0. The van der Waals surface area contributed by atoms with Crippen LogP contribution in [-0.2, 0) is 10.0 Å². The van der Waals surface area contributed by atoms with Gasteiger partial charge in [0.1, 0.15) is 0 Å². The Labute approximate surface area is 126 Å². The molecule has 3 N–H and O–H groups in total. The SMILES string of the molecule is N#Cc1ccc(NS(=O)(=O)c2ccccc2[N+](=O)[O-])c(N)c1. The average molecular weight is 318 g/mol. The summed E-state index contributed by atoms with van der Waals surface area (Å²) >= 11 is 0. The number of hydrogen-bond acceptors (Lipinski definition) is 6. The van der Waals surface area contributed by atoms with Crippen molar-refractivity contribution in [3.63, 3.8) is 0 Å². The van der Waals surface area contributed by atoms with Gasteiger partial charge in [0.2, 0.25) is 0 Å². The Morgan fingerprint density at radius 2 is 1.91 bits per heavy atom. The maximum Gasteiger partial charge on any atom is 0.289 e. The summed E-state index contributed by atoms with van der Waals surface area (Å²) in [7, 11) is -4.19. The van der Waals surface area contributed by atoms with Crippen LogP contribution in [0.4, 0.5) is 17.1 Å². The predicted molar refractivity (Wildman–Crippen MR) is 79.5 cm³/mol. The van der Waals surface area contributed by atoms with E-state index in [1.165, 1.54) is 30.3 Å². The van der Waals surface area contributed by atoms with Gasteiger partial charge in [0.05, 0.1) is 27.9 Å². The van der Waals surface area contributed by atoms with Crippen LogP contribution in [0.3, 0.4) is 0 Å². The minimum absolute atomic E-state index is 0.0390. The van der Waals surface area contributed by atoms with Crippen LogP contribution < -0.4 is 10.5 Å². The molecule has 0 bridgehead atoms. The van der Waals surface area contributed by atoms with E-state index in [0.29, 0.717) is 0 Å². The summed E-state index contributed by atoms with van der Waals surface area (Å²) < 4.78 is 26.8. The van der Waals surface area contributed by atoms with Gasteiger partial charge in [-0.1, -0.05) is 12.1 Å². The molecular weight excluding hydrogens is 308 g/mol. The number of nitriles is 1. The molecule has 0 amide bonds. The van der Waals surface area contributed by atoms with Gasteiger partial charge in [-0.3, -0.25) is 14.8 Å². The highest BCUT2D eigenvalue weighted by molar-refractivity contribution is 7.92. The number of nitro benzene ring substituents is 1. The van der Waals surface area contributed by atoms with E-state index >= 15 is 0 Å². The number of nitrogen functional groups attached to an aromatic ring is 1. The molecule has 0 fully saturated rings. The first-order valence-corrected chi connectivity index (χ1v) is 7.39. The third kappa shape index (κ3) is 2.97. The monoisotopic (exact) mass is 318 g/mol. The fraction of sp³-hybridized carbons (Fsp3) is 0. The van der Waals surface area contributed by atoms with Gasteiger partial charge in [0.15, 0.2) is 4.90 Å². The average Bonchev–Trinajstić information content (AvgIpc) is 2.49. The second kappa shape index (κ2) is 5.71. The zero-order chi connectivity index (χ0) is 16.3. The second-order valence-electron chi connectivity index (χ2n) is 4.24. The zero-order valence-electron chi connectivity index (χ0n) is 11.1. The molecular formula is C13H10N4O4S. The molecule has 0 aliphatic rings. The fourth-order valence-electron chi connectivity index (χ4n) is 1.76. The topological polar surface area (TPSA) is 139 Å². The number of nitrogens with two attached hydrogens (primary N) is 1. The summed E-state index contributed by atoms with van der Waals surface area (Å²) in [6, 6.07) is 10.8. The molecule has 112 valence electrons. The van der Waals surface area contributed by atoms with Gasteiger partial charge in [0, 0.05) is 6.07 Å². The van der Waals surface area contributed by atoms with Crippen LogP contribution >= 0.6 is 0 Å². The third-order valence-corrected chi connectivity index (χ3v) is 4.19. The van der Waals surface area contributed by atoms with Crippen molar-refractivity contribution in [3.05, 3.63) is 58.1 Å². The van der Waals surface area contributed by atoms with Crippen LogP contribution in [0.15, 0.2) is 47.4 Å². The number of nitrogens with one attached hydrogen (secondary N) is 1. The number of rotatable bonds is 4. The molecule has 9 heteroatoms. The number of sulfonamides is 1. The van der Waals surface area contributed by atoms with Crippen molar-refractivity contribution < 1.29 is 13.3 Å². The van der Waals surface area contributed by atoms with Gasteiger partial charge in [0.25, 0.3) is 15.7 Å². The van der Waals surface area contributed by atoms with E-state index in [-0.39, 0.29) is 16.9 Å². The lowest BCUT2D eigenvalue weighted by molar-refractivity contribution is -0.387. The summed E-state index contributed by atoms with van der Waals surface area (Å²) in [5, 5.41) is 19.7. The van der Waals surface area contributed by atoms with Crippen molar-refractivity contribution in [2.45, 2.75) is 4.90 Å². The number of anilines is 2. The van der Waals surface area contributed by atoms with Crippen LogP contribution in [0.1, 0.15) is 5.56 Å². The van der Waals surface area contributed by atoms with Gasteiger partial charge in [-0.25, -0.2) is 8.42 Å². The number of nitrogens with zero attached hydrogens (tertiary/aromatic N) is 2. The van der Waals surface area contributed by atoms with Gasteiger partial charge >= 0.3 is 0 Å². The van der Waals surface area contributed by atoms with Crippen LogP contribution in [0.5, 0.6) is 0 Å². The molecule has 0 spiro atoms. The maximum atomic E-state index is 12.3. The number of hydrogen-bond donors (Lipinski definition) is 2. The predicted octanol–water partition coefficient (Wildman–Crippen LogP) is 1.85. The summed E-state index contributed by atoms with van der Waals surface area (Å²) in [5.41, 5.74) is 5.48. The van der Waals surface area contributed by atoms with E-state index in [0.717, 1.165) is 12.1 Å². The first kappa shape index (κ1) is 15.3.